The van der Waals surface area contributed by atoms with Crippen LogP contribution in [0.15, 0.2) is 67.3 Å². The molecule has 0 heterocycles. The van der Waals surface area contributed by atoms with Crippen LogP contribution in [-0.2, 0) is 6.61 Å². The van der Waals surface area contributed by atoms with Crippen molar-refractivity contribution in [1.82, 2.24) is 0 Å². The summed E-state index contributed by atoms with van der Waals surface area (Å²) >= 11 is 0. The summed E-state index contributed by atoms with van der Waals surface area (Å²) in [5.74, 6) is 0.860. The van der Waals surface area contributed by atoms with Gasteiger partial charge in [-0.25, -0.2) is 0 Å². The molecule has 2 N–H and O–H groups in total. The van der Waals surface area contributed by atoms with E-state index < -0.39 is 0 Å². The van der Waals surface area contributed by atoms with Crippen LogP contribution in [-0.4, -0.2) is 0 Å². The fourth-order valence-electron chi connectivity index (χ4n) is 1.87. The Morgan fingerprint density at radius 3 is 2.37 bits per heavy atom. The third-order valence-electron chi connectivity index (χ3n) is 2.98. The van der Waals surface area contributed by atoms with E-state index in [0.29, 0.717) is 6.61 Å². The van der Waals surface area contributed by atoms with Crippen molar-refractivity contribution in [3.8, 4) is 5.75 Å². The fraction of sp³-hybridized carbons (Fsp3) is 0.176. The van der Waals surface area contributed by atoms with E-state index in [2.05, 4.69) is 6.58 Å². The van der Waals surface area contributed by atoms with Crippen LogP contribution >= 0.6 is 0 Å². The molecule has 19 heavy (non-hydrogen) atoms. The maximum absolute atomic E-state index is 6.01. The van der Waals surface area contributed by atoms with Crippen LogP contribution in [0.2, 0.25) is 0 Å². The van der Waals surface area contributed by atoms with E-state index >= 15 is 0 Å². The molecule has 2 rings (SSSR count). The second kappa shape index (κ2) is 6.76. The predicted octanol–water partition coefficient (Wildman–Crippen LogP) is 3.84. The molecule has 0 fully saturated rings. The quantitative estimate of drug-likeness (QED) is 0.794. The van der Waals surface area contributed by atoms with Gasteiger partial charge in [-0.15, -0.1) is 6.58 Å². The van der Waals surface area contributed by atoms with Crippen LogP contribution in [0.4, 0.5) is 0 Å². The van der Waals surface area contributed by atoms with E-state index in [9.17, 15) is 0 Å². The third kappa shape index (κ3) is 3.97. The van der Waals surface area contributed by atoms with Crippen molar-refractivity contribution < 1.29 is 4.74 Å². The van der Waals surface area contributed by atoms with Crippen LogP contribution in [0, 0.1) is 0 Å². The number of benzene rings is 2. The van der Waals surface area contributed by atoms with Crippen LogP contribution in [0.3, 0.4) is 0 Å². The largest absolute Gasteiger partial charge is 0.489 e. The van der Waals surface area contributed by atoms with Crippen molar-refractivity contribution in [3.63, 3.8) is 0 Å². The minimum absolute atomic E-state index is 0.0145. The average molecular weight is 253 g/mol. The Morgan fingerprint density at radius 2 is 1.74 bits per heavy atom. The highest BCUT2D eigenvalue weighted by Gasteiger charge is 2.03. The molecule has 0 saturated heterocycles. The monoisotopic (exact) mass is 253 g/mol. The summed E-state index contributed by atoms with van der Waals surface area (Å²) in [5.41, 5.74) is 8.27. The highest BCUT2D eigenvalue weighted by atomic mass is 16.5. The average Bonchev–Trinajstić information content (AvgIpc) is 2.47. The lowest BCUT2D eigenvalue weighted by molar-refractivity contribution is 0.306. The lowest BCUT2D eigenvalue weighted by Gasteiger charge is -2.11. The Hall–Kier alpha value is -2.06. The molecular formula is C17H19NO. The number of nitrogens with two attached hydrogens (primary N) is 1. The summed E-state index contributed by atoms with van der Waals surface area (Å²) in [6.45, 7) is 4.28. The van der Waals surface area contributed by atoms with Gasteiger partial charge in [0.05, 0.1) is 0 Å². The van der Waals surface area contributed by atoms with Crippen LogP contribution in [0.1, 0.15) is 23.6 Å². The summed E-state index contributed by atoms with van der Waals surface area (Å²) in [6, 6.07) is 18.1. The van der Waals surface area contributed by atoms with E-state index in [-0.39, 0.29) is 6.04 Å². The van der Waals surface area contributed by atoms with Crippen LogP contribution in [0.5, 0.6) is 5.75 Å². The van der Waals surface area contributed by atoms with Gasteiger partial charge in [0.2, 0.25) is 0 Å². The SMILES string of the molecule is C=CC[C@H](N)c1ccc(OCc2ccccc2)cc1. The summed E-state index contributed by atoms with van der Waals surface area (Å²) in [7, 11) is 0. The van der Waals surface area contributed by atoms with Gasteiger partial charge in [0.15, 0.2) is 0 Å². The Kier molecular flexibility index (Phi) is 4.76. The molecule has 0 radical (unpaired) electrons. The summed E-state index contributed by atoms with van der Waals surface area (Å²) in [4.78, 5) is 0. The maximum Gasteiger partial charge on any atom is 0.119 e. The Bertz CT molecular complexity index is 505. The van der Waals surface area contributed by atoms with E-state index in [1.807, 2.05) is 60.7 Å². The molecule has 0 aliphatic carbocycles. The van der Waals surface area contributed by atoms with Crippen molar-refractivity contribution in [2.24, 2.45) is 5.73 Å². The van der Waals surface area contributed by atoms with E-state index in [1.54, 1.807) is 0 Å². The van der Waals surface area contributed by atoms with Gasteiger partial charge in [-0.3, -0.25) is 0 Å². The molecule has 0 aromatic heterocycles. The van der Waals surface area contributed by atoms with Gasteiger partial charge in [-0.05, 0) is 29.7 Å². The van der Waals surface area contributed by atoms with Crippen molar-refractivity contribution in [1.29, 1.82) is 0 Å². The van der Waals surface area contributed by atoms with Crippen LogP contribution in [0.25, 0.3) is 0 Å². The molecular weight excluding hydrogens is 234 g/mol. The molecule has 0 bridgehead atoms. The molecule has 0 aliphatic rings. The van der Waals surface area contributed by atoms with Gasteiger partial charge >= 0.3 is 0 Å². The predicted molar refractivity (Wildman–Crippen MR) is 79.0 cm³/mol. The minimum atomic E-state index is 0.0145. The first-order chi connectivity index (χ1) is 9.29. The molecule has 1 atom stereocenters. The number of hydrogen-bond donors (Lipinski definition) is 1. The topological polar surface area (TPSA) is 35.2 Å². The lowest BCUT2D eigenvalue weighted by atomic mass is 10.0. The zero-order valence-electron chi connectivity index (χ0n) is 11.0. The summed E-state index contributed by atoms with van der Waals surface area (Å²) in [6.07, 6.45) is 2.62. The van der Waals surface area contributed by atoms with E-state index in [1.165, 1.54) is 0 Å². The maximum atomic E-state index is 6.01. The molecule has 2 heteroatoms. The molecule has 2 aromatic rings. The van der Waals surface area contributed by atoms with Gasteiger partial charge in [-0.1, -0.05) is 48.5 Å². The Morgan fingerprint density at radius 1 is 1.05 bits per heavy atom. The smallest absolute Gasteiger partial charge is 0.119 e. The Labute approximate surface area is 114 Å². The highest BCUT2D eigenvalue weighted by molar-refractivity contribution is 5.29. The van der Waals surface area contributed by atoms with Crippen LogP contribution < -0.4 is 10.5 Å². The molecule has 0 aliphatic heterocycles. The van der Waals surface area contributed by atoms with Crippen molar-refractivity contribution >= 4 is 0 Å². The molecule has 0 amide bonds. The zero-order valence-corrected chi connectivity index (χ0v) is 11.0. The van der Waals surface area contributed by atoms with Gasteiger partial charge in [-0.2, -0.15) is 0 Å². The molecule has 0 unspecified atom stereocenters. The normalized spacial score (nSPS) is 11.8. The zero-order chi connectivity index (χ0) is 13.5. The second-order valence-corrected chi connectivity index (χ2v) is 4.47. The third-order valence-corrected chi connectivity index (χ3v) is 2.98. The molecule has 2 nitrogen and oxygen atoms in total. The van der Waals surface area contributed by atoms with Crippen molar-refractivity contribution in [2.75, 3.05) is 0 Å². The fourth-order valence-corrected chi connectivity index (χ4v) is 1.87. The minimum Gasteiger partial charge on any atom is -0.489 e. The molecule has 0 spiro atoms. The summed E-state index contributed by atoms with van der Waals surface area (Å²) in [5, 5.41) is 0. The molecule has 2 aromatic carbocycles. The van der Waals surface area contributed by atoms with Gasteiger partial charge in [0.25, 0.3) is 0 Å². The standard InChI is InChI=1S/C17H19NO/c1-2-6-17(18)15-9-11-16(12-10-15)19-13-14-7-4-3-5-8-14/h2-5,7-12,17H,1,6,13,18H2/t17-/m0/s1. The first kappa shape index (κ1) is 13.4. The summed E-state index contributed by atoms with van der Waals surface area (Å²) < 4.78 is 5.73. The van der Waals surface area contributed by atoms with Gasteiger partial charge in [0, 0.05) is 6.04 Å². The second-order valence-electron chi connectivity index (χ2n) is 4.47. The first-order valence-corrected chi connectivity index (χ1v) is 6.43. The molecule has 98 valence electrons. The number of rotatable bonds is 6. The molecule has 0 saturated carbocycles. The van der Waals surface area contributed by atoms with Gasteiger partial charge < -0.3 is 10.5 Å². The lowest BCUT2D eigenvalue weighted by Crippen LogP contribution is -2.08. The van der Waals surface area contributed by atoms with Crippen molar-refractivity contribution in [2.45, 2.75) is 19.1 Å². The highest BCUT2D eigenvalue weighted by Crippen LogP contribution is 2.19. The number of ether oxygens (including phenoxy) is 1. The Balaban J connectivity index is 1.93. The van der Waals surface area contributed by atoms with Crippen molar-refractivity contribution in [3.05, 3.63) is 78.4 Å². The van der Waals surface area contributed by atoms with E-state index in [4.69, 9.17) is 10.5 Å². The first-order valence-electron chi connectivity index (χ1n) is 6.43. The van der Waals surface area contributed by atoms with Gasteiger partial charge in [0.1, 0.15) is 12.4 Å². The number of hydrogen-bond acceptors (Lipinski definition) is 2. The van der Waals surface area contributed by atoms with E-state index in [0.717, 1.165) is 23.3 Å².